The number of hydrogen-bond donors (Lipinski definition) is 0. The molecular weight excluding hydrogens is 438 g/mol. The maximum absolute atomic E-state index is 13.4. The maximum Gasteiger partial charge on any atom is 0.233 e. The number of aromatic nitrogens is 8. The molecule has 11 heteroatoms. The van der Waals surface area contributed by atoms with Crippen molar-refractivity contribution < 1.29 is 4.79 Å². The first-order chi connectivity index (χ1) is 16.1. The van der Waals surface area contributed by atoms with Crippen molar-refractivity contribution in [2.45, 2.75) is 49.6 Å². The Labute approximate surface area is 195 Å². The molecule has 0 atom stereocenters. The Bertz CT molecular complexity index is 1260. The van der Waals surface area contributed by atoms with Crippen LogP contribution in [0, 0.1) is 6.92 Å². The van der Waals surface area contributed by atoms with E-state index in [2.05, 4.69) is 30.8 Å². The minimum absolute atomic E-state index is 0.0203. The molecule has 0 bridgehead atoms. The van der Waals surface area contributed by atoms with Crippen LogP contribution in [0.15, 0.2) is 47.5 Å². The highest BCUT2D eigenvalue weighted by Gasteiger charge is 2.44. The highest BCUT2D eigenvalue weighted by atomic mass is 32.2. The molecule has 0 radical (unpaired) electrons. The molecule has 170 valence electrons. The number of carbonyl (C=O) groups is 1. The van der Waals surface area contributed by atoms with Gasteiger partial charge in [-0.3, -0.25) is 4.79 Å². The monoisotopic (exact) mass is 463 g/mol. The Morgan fingerprint density at radius 2 is 1.85 bits per heavy atom. The highest BCUT2D eigenvalue weighted by Crippen LogP contribution is 2.41. The van der Waals surface area contributed by atoms with Gasteiger partial charge in [0.25, 0.3) is 0 Å². The van der Waals surface area contributed by atoms with Crippen LogP contribution in [0.2, 0.25) is 0 Å². The standard InChI is InChI=1S/C22H25N9OS/c1-16-23-24-18-11-12-19(26-30(16)18)33-15-20(32)29(2)22(13-7-4-8-14-22)21-25-27-28-31(21)17-9-5-3-6-10-17/h3,5-6,9-12H,4,7-8,13-15H2,1-2H3. The Kier molecular flexibility index (Phi) is 5.79. The van der Waals surface area contributed by atoms with Gasteiger partial charge in [-0.05, 0) is 54.5 Å². The average Bonchev–Trinajstić information content (AvgIpc) is 3.50. The molecule has 0 aliphatic heterocycles. The van der Waals surface area contributed by atoms with Crippen molar-refractivity contribution in [2.75, 3.05) is 12.8 Å². The van der Waals surface area contributed by atoms with Crippen LogP contribution >= 0.6 is 11.8 Å². The number of rotatable bonds is 6. The third-order valence-corrected chi connectivity index (χ3v) is 7.23. The van der Waals surface area contributed by atoms with Gasteiger partial charge in [0.2, 0.25) is 5.91 Å². The lowest BCUT2D eigenvalue weighted by atomic mass is 9.79. The number of aryl methyl sites for hydroxylation is 1. The number of hydrogen-bond acceptors (Lipinski definition) is 8. The molecule has 5 rings (SSSR count). The Balaban J connectivity index is 1.40. The molecule has 1 aliphatic rings. The molecule has 1 saturated carbocycles. The van der Waals surface area contributed by atoms with Gasteiger partial charge < -0.3 is 4.90 Å². The minimum Gasteiger partial charge on any atom is -0.332 e. The van der Waals surface area contributed by atoms with E-state index in [1.807, 2.05) is 61.3 Å². The summed E-state index contributed by atoms with van der Waals surface area (Å²) in [5.74, 6) is 1.72. The van der Waals surface area contributed by atoms with Gasteiger partial charge in [0, 0.05) is 7.05 Å². The van der Waals surface area contributed by atoms with Crippen molar-refractivity contribution in [2.24, 2.45) is 0 Å². The van der Waals surface area contributed by atoms with Crippen LogP contribution in [-0.4, -0.2) is 63.6 Å². The van der Waals surface area contributed by atoms with Gasteiger partial charge in [-0.2, -0.15) is 14.3 Å². The molecule has 3 aromatic heterocycles. The summed E-state index contributed by atoms with van der Waals surface area (Å²) < 4.78 is 3.46. The first-order valence-electron chi connectivity index (χ1n) is 11.0. The molecule has 3 heterocycles. The lowest BCUT2D eigenvalue weighted by molar-refractivity contribution is -0.135. The number of carbonyl (C=O) groups excluding carboxylic acids is 1. The molecular formula is C22H25N9OS. The number of nitrogens with zero attached hydrogens (tertiary/aromatic N) is 9. The van der Waals surface area contributed by atoms with E-state index in [0.717, 1.165) is 42.8 Å². The molecule has 4 aromatic rings. The van der Waals surface area contributed by atoms with Gasteiger partial charge in [-0.25, -0.2) is 0 Å². The molecule has 1 amide bonds. The van der Waals surface area contributed by atoms with Crippen LogP contribution < -0.4 is 0 Å². The largest absolute Gasteiger partial charge is 0.332 e. The van der Waals surface area contributed by atoms with Gasteiger partial charge in [0.1, 0.15) is 10.6 Å². The lowest BCUT2D eigenvalue weighted by Crippen LogP contribution is -2.50. The Morgan fingerprint density at radius 3 is 2.64 bits per heavy atom. The van der Waals surface area contributed by atoms with E-state index < -0.39 is 5.54 Å². The topological polar surface area (TPSA) is 107 Å². The van der Waals surface area contributed by atoms with Gasteiger partial charge in [0.15, 0.2) is 17.3 Å². The average molecular weight is 464 g/mol. The van der Waals surface area contributed by atoms with Gasteiger partial charge in [0.05, 0.1) is 11.4 Å². The van der Waals surface area contributed by atoms with Crippen LogP contribution in [0.4, 0.5) is 0 Å². The van der Waals surface area contributed by atoms with Crippen molar-refractivity contribution >= 4 is 23.3 Å². The van der Waals surface area contributed by atoms with Crippen LogP contribution in [0.1, 0.15) is 43.8 Å². The van der Waals surface area contributed by atoms with Gasteiger partial charge in [-0.15, -0.1) is 15.3 Å². The first kappa shape index (κ1) is 21.5. The number of benzene rings is 1. The second-order valence-corrected chi connectivity index (χ2v) is 9.27. The summed E-state index contributed by atoms with van der Waals surface area (Å²) in [5, 5.41) is 26.1. The van der Waals surface area contributed by atoms with E-state index in [-0.39, 0.29) is 11.7 Å². The summed E-state index contributed by atoms with van der Waals surface area (Å²) >= 11 is 1.41. The van der Waals surface area contributed by atoms with Crippen LogP contribution in [0.5, 0.6) is 0 Å². The lowest BCUT2D eigenvalue weighted by Gasteiger charge is -2.43. The van der Waals surface area contributed by atoms with Crippen LogP contribution in [0.3, 0.4) is 0 Å². The number of tetrazole rings is 1. The SMILES string of the molecule is Cc1nnc2ccc(SCC(=O)N(C)C3(c4nnnn4-c4ccccc4)CCCCC3)nn12. The predicted molar refractivity (Wildman–Crippen MR) is 123 cm³/mol. The van der Waals surface area contributed by atoms with Gasteiger partial charge >= 0.3 is 0 Å². The normalized spacial score (nSPS) is 15.6. The fourth-order valence-corrected chi connectivity index (χ4v) is 5.26. The number of fused-ring (bicyclic) bond motifs is 1. The number of para-hydroxylation sites is 1. The summed E-state index contributed by atoms with van der Waals surface area (Å²) in [6.07, 6.45) is 4.86. The molecule has 0 unspecified atom stereocenters. The van der Waals surface area contributed by atoms with Crippen molar-refractivity contribution in [3.8, 4) is 5.69 Å². The van der Waals surface area contributed by atoms with Crippen LogP contribution in [0.25, 0.3) is 11.3 Å². The Hall–Kier alpha value is -3.34. The minimum atomic E-state index is -0.544. The van der Waals surface area contributed by atoms with E-state index in [4.69, 9.17) is 0 Å². The third kappa shape index (κ3) is 3.97. The highest BCUT2D eigenvalue weighted by molar-refractivity contribution is 7.99. The molecule has 0 N–H and O–H groups in total. The van der Waals surface area contributed by atoms with E-state index in [0.29, 0.717) is 17.3 Å². The van der Waals surface area contributed by atoms with E-state index in [1.54, 1.807) is 9.20 Å². The van der Waals surface area contributed by atoms with Crippen molar-refractivity contribution in [3.05, 3.63) is 54.1 Å². The van der Waals surface area contributed by atoms with Gasteiger partial charge in [-0.1, -0.05) is 49.2 Å². The first-order valence-corrected chi connectivity index (χ1v) is 12.0. The quantitative estimate of drug-likeness (QED) is 0.402. The smallest absolute Gasteiger partial charge is 0.233 e. The zero-order valence-electron chi connectivity index (χ0n) is 18.6. The summed E-state index contributed by atoms with van der Waals surface area (Å²) in [6, 6.07) is 13.6. The van der Waals surface area contributed by atoms with Crippen molar-refractivity contribution in [3.63, 3.8) is 0 Å². The zero-order chi connectivity index (χ0) is 22.8. The van der Waals surface area contributed by atoms with Crippen LogP contribution in [-0.2, 0) is 10.3 Å². The molecule has 1 aromatic carbocycles. The van der Waals surface area contributed by atoms with E-state index in [1.165, 1.54) is 11.8 Å². The van der Waals surface area contributed by atoms with Crippen molar-refractivity contribution in [1.82, 2.24) is 44.9 Å². The Morgan fingerprint density at radius 1 is 1.06 bits per heavy atom. The zero-order valence-corrected chi connectivity index (χ0v) is 19.4. The van der Waals surface area contributed by atoms with E-state index >= 15 is 0 Å². The second-order valence-electron chi connectivity index (χ2n) is 8.27. The molecule has 1 fully saturated rings. The van der Waals surface area contributed by atoms with E-state index in [9.17, 15) is 4.79 Å². The maximum atomic E-state index is 13.4. The molecule has 10 nitrogen and oxygen atoms in total. The summed E-state index contributed by atoms with van der Waals surface area (Å²) in [4.78, 5) is 15.3. The second kappa shape index (κ2) is 8.89. The van der Waals surface area contributed by atoms with Crippen molar-refractivity contribution in [1.29, 1.82) is 0 Å². The molecule has 1 aliphatic carbocycles. The summed E-state index contributed by atoms with van der Waals surface area (Å²) in [6.45, 7) is 1.85. The molecule has 0 saturated heterocycles. The fraction of sp³-hybridized carbons (Fsp3) is 0.409. The number of amides is 1. The predicted octanol–water partition coefficient (Wildman–Crippen LogP) is 2.82. The summed E-state index contributed by atoms with van der Waals surface area (Å²) in [7, 11) is 1.87. The number of thioether (sulfide) groups is 1. The third-order valence-electron chi connectivity index (χ3n) is 6.32. The molecule has 0 spiro atoms. The summed E-state index contributed by atoms with van der Waals surface area (Å²) in [5.41, 5.74) is 1.03. The fourth-order valence-electron chi connectivity index (χ4n) is 4.49. The molecule has 33 heavy (non-hydrogen) atoms.